The first-order valence-electron chi connectivity index (χ1n) is 7.50. The van der Waals surface area contributed by atoms with E-state index in [-0.39, 0.29) is 0 Å². The Morgan fingerprint density at radius 3 is 2.44 bits per heavy atom. The standard InChI is InChI=1S/C17H17ClN2O5/c1-22-14-9-12(15(23-2)8-11(14)18)20-17(21)19-10-3-4-13-16(7-10)25-6-5-24-13/h3-4,7-9H,5-6H2,1-2H3,(H2,19,20,21). The van der Waals surface area contributed by atoms with Gasteiger partial charge in [0.15, 0.2) is 11.5 Å². The van der Waals surface area contributed by atoms with Gasteiger partial charge in [0.1, 0.15) is 24.7 Å². The summed E-state index contributed by atoms with van der Waals surface area (Å²) in [6.07, 6.45) is 0. The van der Waals surface area contributed by atoms with Crippen molar-refractivity contribution >= 4 is 29.0 Å². The first-order valence-corrected chi connectivity index (χ1v) is 7.87. The van der Waals surface area contributed by atoms with Crippen molar-refractivity contribution in [3.8, 4) is 23.0 Å². The van der Waals surface area contributed by atoms with E-state index < -0.39 is 6.03 Å². The van der Waals surface area contributed by atoms with Crippen molar-refractivity contribution in [3.05, 3.63) is 35.4 Å². The average Bonchev–Trinajstić information content (AvgIpc) is 2.62. The van der Waals surface area contributed by atoms with Crippen LogP contribution >= 0.6 is 11.6 Å². The van der Waals surface area contributed by atoms with Crippen LogP contribution in [0.5, 0.6) is 23.0 Å². The van der Waals surface area contributed by atoms with E-state index in [0.29, 0.717) is 52.6 Å². The summed E-state index contributed by atoms with van der Waals surface area (Å²) in [5.74, 6) is 2.09. The predicted molar refractivity (Wildman–Crippen MR) is 94.6 cm³/mol. The van der Waals surface area contributed by atoms with Gasteiger partial charge in [0.25, 0.3) is 0 Å². The van der Waals surface area contributed by atoms with Gasteiger partial charge in [-0.1, -0.05) is 11.6 Å². The number of urea groups is 1. The number of nitrogens with one attached hydrogen (secondary N) is 2. The number of carbonyl (C=O) groups excluding carboxylic acids is 1. The van der Waals surface area contributed by atoms with E-state index in [1.165, 1.54) is 14.2 Å². The van der Waals surface area contributed by atoms with E-state index >= 15 is 0 Å². The molecule has 7 nitrogen and oxygen atoms in total. The first-order chi connectivity index (χ1) is 12.1. The van der Waals surface area contributed by atoms with Crippen molar-refractivity contribution in [2.75, 3.05) is 38.1 Å². The summed E-state index contributed by atoms with van der Waals surface area (Å²) in [7, 11) is 2.98. The molecule has 0 atom stereocenters. The minimum atomic E-state index is -0.445. The van der Waals surface area contributed by atoms with E-state index in [1.807, 2.05) is 0 Å². The molecule has 25 heavy (non-hydrogen) atoms. The third-order valence-electron chi connectivity index (χ3n) is 3.52. The third-order valence-corrected chi connectivity index (χ3v) is 3.82. The lowest BCUT2D eigenvalue weighted by Crippen LogP contribution is -2.20. The molecule has 0 saturated heterocycles. The molecule has 1 aliphatic rings. The molecule has 2 amide bonds. The molecule has 2 N–H and O–H groups in total. The Hall–Kier alpha value is -2.80. The van der Waals surface area contributed by atoms with Crippen LogP contribution in [0.1, 0.15) is 0 Å². The Kier molecular flexibility index (Phi) is 5.04. The van der Waals surface area contributed by atoms with Crippen molar-refractivity contribution in [2.24, 2.45) is 0 Å². The molecule has 3 rings (SSSR count). The number of amides is 2. The van der Waals surface area contributed by atoms with Crippen LogP contribution < -0.4 is 29.6 Å². The fraction of sp³-hybridized carbons (Fsp3) is 0.235. The number of fused-ring (bicyclic) bond motifs is 1. The number of hydrogen-bond acceptors (Lipinski definition) is 5. The van der Waals surface area contributed by atoms with Gasteiger partial charge in [0.05, 0.1) is 24.9 Å². The molecule has 1 heterocycles. The van der Waals surface area contributed by atoms with Crippen LogP contribution in [0.15, 0.2) is 30.3 Å². The summed E-state index contributed by atoms with van der Waals surface area (Å²) in [5.41, 5.74) is 1.00. The minimum Gasteiger partial charge on any atom is -0.495 e. The Balaban J connectivity index is 1.74. The van der Waals surface area contributed by atoms with Crippen LogP contribution in [0.25, 0.3) is 0 Å². The largest absolute Gasteiger partial charge is 0.495 e. The molecule has 0 bridgehead atoms. The fourth-order valence-corrected chi connectivity index (χ4v) is 2.59. The van der Waals surface area contributed by atoms with Crippen LogP contribution in [0.2, 0.25) is 5.02 Å². The lowest BCUT2D eigenvalue weighted by Gasteiger charge is -2.19. The highest BCUT2D eigenvalue weighted by molar-refractivity contribution is 6.32. The van der Waals surface area contributed by atoms with Crippen LogP contribution in [0.3, 0.4) is 0 Å². The molecule has 2 aromatic rings. The zero-order valence-electron chi connectivity index (χ0n) is 13.7. The highest BCUT2D eigenvalue weighted by Gasteiger charge is 2.15. The maximum Gasteiger partial charge on any atom is 0.323 e. The summed E-state index contributed by atoms with van der Waals surface area (Å²) in [5, 5.41) is 5.82. The molecule has 0 radical (unpaired) electrons. The zero-order valence-corrected chi connectivity index (χ0v) is 14.5. The number of rotatable bonds is 4. The predicted octanol–water partition coefficient (Wildman–Crippen LogP) is 3.77. The lowest BCUT2D eigenvalue weighted by molar-refractivity contribution is 0.171. The third kappa shape index (κ3) is 3.83. The average molecular weight is 365 g/mol. The maximum absolute atomic E-state index is 12.3. The van der Waals surface area contributed by atoms with E-state index in [0.717, 1.165) is 0 Å². The molecule has 132 valence electrons. The van der Waals surface area contributed by atoms with Gasteiger partial charge < -0.3 is 29.6 Å². The van der Waals surface area contributed by atoms with Gasteiger partial charge in [-0.2, -0.15) is 0 Å². The van der Waals surface area contributed by atoms with Crippen molar-refractivity contribution in [3.63, 3.8) is 0 Å². The monoisotopic (exact) mass is 364 g/mol. The van der Waals surface area contributed by atoms with Gasteiger partial charge in [-0.05, 0) is 12.1 Å². The summed E-state index contributed by atoms with van der Waals surface area (Å²) in [4.78, 5) is 12.3. The van der Waals surface area contributed by atoms with Gasteiger partial charge >= 0.3 is 6.03 Å². The molecule has 2 aromatic carbocycles. The Bertz CT molecular complexity index is 797. The number of hydrogen-bond donors (Lipinski definition) is 2. The maximum atomic E-state index is 12.3. The quantitative estimate of drug-likeness (QED) is 0.863. The second-order valence-electron chi connectivity index (χ2n) is 5.12. The van der Waals surface area contributed by atoms with E-state index in [2.05, 4.69) is 10.6 Å². The molecule has 8 heteroatoms. The van der Waals surface area contributed by atoms with E-state index in [4.69, 9.17) is 30.5 Å². The first kappa shape index (κ1) is 17.0. The van der Waals surface area contributed by atoms with Crippen LogP contribution in [0, 0.1) is 0 Å². The van der Waals surface area contributed by atoms with Crippen molar-refractivity contribution in [2.45, 2.75) is 0 Å². The van der Waals surface area contributed by atoms with Crippen LogP contribution in [0.4, 0.5) is 16.2 Å². The number of halogens is 1. The molecule has 1 aliphatic heterocycles. The molecule has 0 spiro atoms. The number of anilines is 2. The van der Waals surface area contributed by atoms with Crippen molar-refractivity contribution < 1.29 is 23.7 Å². The van der Waals surface area contributed by atoms with Crippen molar-refractivity contribution in [1.82, 2.24) is 0 Å². The number of methoxy groups -OCH3 is 2. The molecule has 0 aromatic heterocycles. The molecule has 0 fully saturated rings. The zero-order chi connectivity index (χ0) is 17.8. The second kappa shape index (κ2) is 7.40. The smallest absolute Gasteiger partial charge is 0.323 e. The van der Waals surface area contributed by atoms with Gasteiger partial charge in [-0.25, -0.2) is 4.79 Å². The summed E-state index contributed by atoms with van der Waals surface area (Å²) in [6, 6.07) is 7.89. The Labute approximate surface area is 149 Å². The molecular formula is C17H17ClN2O5. The Morgan fingerprint density at radius 2 is 1.72 bits per heavy atom. The summed E-state index contributed by atoms with van der Waals surface area (Å²) < 4.78 is 21.3. The second-order valence-corrected chi connectivity index (χ2v) is 5.53. The van der Waals surface area contributed by atoms with Gasteiger partial charge in [0, 0.05) is 23.9 Å². The van der Waals surface area contributed by atoms with Gasteiger partial charge in [-0.3, -0.25) is 0 Å². The van der Waals surface area contributed by atoms with Crippen LogP contribution in [-0.2, 0) is 0 Å². The molecular weight excluding hydrogens is 348 g/mol. The highest BCUT2D eigenvalue weighted by Crippen LogP contribution is 2.36. The number of ether oxygens (including phenoxy) is 4. The molecule has 0 saturated carbocycles. The van der Waals surface area contributed by atoms with E-state index in [9.17, 15) is 4.79 Å². The fourth-order valence-electron chi connectivity index (χ4n) is 2.36. The van der Waals surface area contributed by atoms with Crippen LogP contribution in [-0.4, -0.2) is 33.5 Å². The van der Waals surface area contributed by atoms with E-state index in [1.54, 1.807) is 30.3 Å². The van der Waals surface area contributed by atoms with Gasteiger partial charge in [0.2, 0.25) is 0 Å². The SMILES string of the molecule is COc1cc(NC(=O)Nc2ccc3c(c2)OCCO3)c(OC)cc1Cl. The van der Waals surface area contributed by atoms with Gasteiger partial charge in [-0.15, -0.1) is 0 Å². The summed E-state index contributed by atoms with van der Waals surface area (Å²) in [6.45, 7) is 0.989. The highest BCUT2D eigenvalue weighted by atomic mass is 35.5. The summed E-state index contributed by atoms with van der Waals surface area (Å²) >= 11 is 6.05. The number of benzene rings is 2. The lowest BCUT2D eigenvalue weighted by atomic mass is 10.2. The number of carbonyl (C=O) groups is 1. The topological polar surface area (TPSA) is 78.1 Å². The minimum absolute atomic E-state index is 0.386. The van der Waals surface area contributed by atoms with Crippen molar-refractivity contribution in [1.29, 1.82) is 0 Å². The Morgan fingerprint density at radius 1 is 1.00 bits per heavy atom. The normalized spacial score (nSPS) is 12.3. The molecule has 0 aliphatic carbocycles. The molecule has 0 unspecified atom stereocenters.